The van der Waals surface area contributed by atoms with Gasteiger partial charge in [0.15, 0.2) is 0 Å². The van der Waals surface area contributed by atoms with E-state index in [2.05, 4.69) is 34.7 Å². The van der Waals surface area contributed by atoms with Crippen molar-refractivity contribution >= 4 is 17.3 Å². The Morgan fingerprint density at radius 3 is 2.70 bits per heavy atom. The molecule has 0 aliphatic carbocycles. The molecule has 1 atom stereocenters. The van der Waals surface area contributed by atoms with Crippen LogP contribution in [0.1, 0.15) is 38.6 Å². The van der Waals surface area contributed by atoms with Gasteiger partial charge in [-0.25, -0.2) is 0 Å². The van der Waals surface area contributed by atoms with Crippen molar-refractivity contribution in [3.8, 4) is 0 Å². The third kappa shape index (κ3) is 5.07. The number of rotatable bonds is 7. The van der Waals surface area contributed by atoms with Crippen LogP contribution in [0, 0.1) is 5.92 Å². The Bertz CT molecular complexity index is 654. The summed E-state index contributed by atoms with van der Waals surface area (Å²) < 4.78 is 5.65. The second kappa shape index (κ2) is 7.73. The number of carbonyl (C=O) groups is 1. The van der Waals surface area contributed by atoms with Crippen LogP contribution in [0.5, 0.6) is 0 Å². The van der Waals surface area contributed by atoms with Gasteiger partial charge in [-0.1, -0.05) is 19.9 Å². The molecule has 3 N–H and O–H groups in total. The molecule has 0 saturated heterocycles. The van der Waals surface area contributed by atoms with Gasteiger partial charge in [0.2, 0.25) is 17.7 Å². The lowest BCUT2D eigenvalue weighted by molar-refractivity contribution is -0.118. The van der Waals surface area contributed by atoms with Gasteiger partial charge < -0.3 is 20.2 Å². The highest BCUT2D eigenvalue weighted by atomic mass is 16.4. The first-order valence-corrected chi connectivity index (χ1v) is 7.57. The lowest BCUT2D eigenvalue weighted by Gasteiger charge is -2.13. The number of aliphatic hydroxyl groups excluding tert-OH is 1. The Labute approximate surface area is 135 Å². The van der Waals surface area contributed by atoms with E-state index < -0.39 is 12.5 Å². The highest BCUT2D eigenvalue weighted by Gasteiger charge is 2.14. The zero-order chi connectivity index (χ0) is 16.8. The third-order valence-corrected chi connectivity index (χ3v) is 3.11. The maximum Gasteiger partial charge on any atom is 0.250 e. The number of benzene rings is 1. The number of aliphatic hydroxyl groups is 1. The molecule has 1 aromatic carbocycles. The highest BCUT2D eigenvalue weighted by Crippen LogP contribution is 2.21. The second-order valence-corrected chi connectivity index (χ2v) is 5.79. The first-order chi connectivity index (χ1) is 11.0. The lowest BCUT2D eigenvalue weighted by atomic mass is 10.1. The van der Waals surface area contributed by atoms with Crippen molar-refractivity contribution in [1.82, 2.24) is 10.2 Å². The monoisotopic (exact) mass is 318 g/mol. The van der Waals surface area contributed by atoms with E-state index in [4.69, 9.17) is 9.52 Å². The summed E-state index contributed by atoms with van der Waals surface area (Å²) in [4.78, 5) is 11.2. The fourth-order valence-corrected chi connectivity index (χ4v) is 2.07. The number of nitrogens with one attached hydrogen (secondary N) is 2. The van der Waals surface area contributed by atoms with Crippen LogP contribution in [-0.2, 0) is 11.2 Å². The molecule has 7 heteroatoms. The summed E-state index contributed by atoms with van der Waals surface area (Å²) in [5, 5.41) is 22.7. The summed E-state index contributed by atoms with van der Waals surface area (Å²) in [7, 11) is 0. The van der Waals surface area contributed by atoms with Gasteiger partial charge in [-0.2, -0.15) is 0 Å². The molecule has 2 rings (SSSR count). The topological polar surface area (TPSA) is 100 Å². The van der Waals surface area contributed by atoms with Gasteiger partial charge in [0.05, 0.1) is 0 Å². The van der Waals surface area contributed by atoms with Crippen LogP contribution in [0.2, 0.25) is 0 Å². The Kier molecular flexibility index (Phi) is 5.70. The van der Waals surface area contributed by atoms with Crippen molar-refractivity contribution in [2.75, 3.05) is 17.2 Å². The number of aromatic nitrogens is 2. The SMILES string of the molecule is CC(C)Cc1nnc([C@@H](C)Nc2cccc(NC(=O)CO)c2)o1. The maximum atomic E-state index is 11.2. The Morgan fingerprint density at radius 2 is 2.00 bits per heavy atom. The van der Waals surface area contributed by atoms with Crippen LogP contribution in [0.25, 0.3) is 0 Å². The zero-order valence-electron chi connectivity index (χ0n) is 13.5. The molecule has 1 heterocycles. The smallest absolute Gasteiger partial charge is 0.250 e. The summed E-state index contributed by atoms with van der Waals surface area (Å²) in [6, 6.07) is 7.04. The third-order valence-electron chi connectivity index (χ3n) is 3.11. The maximum absolute atomic E-state index is 11.2. The fourth-order valence-electron chi connectivity index (χ4n) is 2.07. The molecule has 23 heavy (non-hydrogen) atoms. The summed E-state index contributed by atoms with van der Waals surface area (Å²) in [5.41, 5.74) is 1.41. The van der Waals surface area contributed by atoms with E-state index >= 15 is 0 Å². The molecule has 2 aromatic rings. The van der Waals surface area contributed by atoms with Gasteiger partial charge in [0.25, 0.3) is 0 Å². The number of hydrogen-bond acceptors (Lipinski definition) is 6. The summed E-state index contributed by atoms with van der Waals surface area (Å²) in [6.07, 6.45) is 0.752. The van der Waals surface area contributed by atoms with E-state index in [0.717, 1.165) is 12.1 Å². The summed E-state index contributed by atoms with van der Waals surface area (Å²) >= 11 is 0. The molecule has 0 radical (unpaired) electrons. The highest BCUT2D eigenvalue weighted by molar-refractivity contribution is 5.91. The number of hydrogen-bond donors (Lipinski definition) is 3. The minimum atomic E-state index is -0.547. The second-order valence-electron chi connectivity index (χ2n) is 5.79. The number of anilines is 2. The van der Waals surface area contributed by atoms with Gasteiger partial charge in [0, 0.05) is 17.8 Å². The predicted octanol–water partition coefficient (Wildman–Crippen LogP) is 2.37. The van der Waals surface area contributed by atoms with Crippen molar-refractivity contribution in [2.45, 2.75) is 33.2 Å². The molecule has 124 valence electrons. The number of amides is 1. The van der Waals surface area contributed by atoms with Gasteiger partial charge in [-0.3, -0.25) is 4.79 Å². The van der Waals surface area contributed by atoms with Gasteiger partial charge in [0.1, 0.15) is 12.6 Å². The van der Waals surface area contributed by atoms with E-state index in [0.29, 0.717) is 23.4 Å². The quantitative estimate of drug-likeness (QED) is 0.724. The van der Waals surface area contributed by atoms with Crippen LogP contribution in [0.15, 0.2) is 28.7 Å². The minimum Gasteiger partial charge on any atom is -0.423 e. The molecular formula is C16H22N4O3. The molecule has 0 aliphatic rings. The molecule has 0 fully saturated rings. The molecule has 0 spiro atoms. The normalized spacial score (nSPS) is 12.2. The first-order valence-electron chi connectivity index (χ1n) is 7.57. The van der Waals surface area contributed by atoms with E-state index in [-0.39, 0.29) is 6.04 Å². The first kappa shape index (κ1) is 17.0. The Balaban J connectivity index is 2.02. The number of nitrogens with zero attached hydrogens (tertiary/aromatic N) is 2. The molecule has 1 amide bonds. The molecular weight excluding hydrogens is 296 g/mol. The largest absolute Gasteiger partial charge is 0.423 e. The van der Waals surface area contributed by atoms with Crippen LogP contribution >= 0.6 is 0 Å². The molecule has 0 saturated carbocycles. The van der Waals surface area contributed by atoms with Gasteiger partial charge in [-0.05, 0) is 31.0 Å². The molecule has 0 aliphatic heterocycles. The van der Waals surface area contributed by atoms with Crippen molar-refractivity contribution in [2.24, 2.45) is 5.92 Å². The van der Waals surface area contributed by atoms with E-state index in [1.165, 1.54) is 0 Å². The van der Waals surface area contributed by atoms with Crippen molar-refractivity contribution < 1.29 is 14.3 Å². The zero-order valence-corrected chi connectivity index (χ0v) is 13.5. The molecule has 7 nitrogen and oxygen atoms in total. The van der Waals surface area contributed by atoms with E-state index in [1.807, 2.05) is 13.0 Å². The average Bonchev–Trinajstić information content (AvgIpc) is 2.95. The Morgan fingerprint density at radius 1 is 1.26 bits per heavy atom. The molecule has 0 bridgehead atoms. The van der Waals surface area contributed by atoms with Crippen molar-refractivity contribution in [3.05, 3.63) is 36.0 Å². The Hall–Kier alpha value is -2.41. The standard InChI is InChI=1S/C16H22N4O3/c1-10(2)7-15-19-20-16(23-15)11(3)17-12-5-4-6-13(8-12)18-14(22)9-21/h4-6,8,10-11,17,21H,7,9H2,1-3H3,(H,18,22)/t11-/m1/s1. The van der Waals surface area contributed by atoms with Crippen LogP contribution in [-0.4, -0.2) is 27.8 Å². The van der Waals surface area contributed by atoms with Gasteiger partial charge in [-0.15, -0.1) is 10.2 Å². The van der Waals surface area contributed by atoms with E-state index in [1.54, 1.807) is 18.2 Å². The average molecular weight is 318 g/mol. The van der Waals surface area contributed by atoms with Crippen molar-refractivity contribution in [3.63, 3.8) is 0 Å². The van der Waals surface area contributed by atoms with Crippen LogP contribution in [0.4, 0.5) is 11.4 Å². The van der Waals surface area contributed by atoms with Crippen LogP contribution in [0.3, 0.4) is 0 Å². The van der Waals surface area contributed by atoms with Gasteiger partial charge >= 0.3 is 0 Å². The van der Waals surface area contributed by atoms with Crippen molar-refractivity contribution in [1.29, 1.82) is 0 Å². The number of carbonyl (C=O) groups excluding carboxylic acids is 1. The summed E-state index contributed by atoms with van der Waals surface area (Å²) in [5.74, 6) is 1.15. The summed E-state index contributed by atoms with van der Waals surface area (Å²) in [6.45, 7) is 5.57. The molecule has 1 aromatic heterocycles. The fraction of sp³-hybridized carbons (Fsp3) is 0.438. The minimum absolute atomic E-state index is 0.160. The predicted molar refractivity (Wildman–Crippen MR) is 87.0 cm³/mol. The van der Waals surface area contributed by atoms with Crippen LogP contribution < -0.4 is 10.6 Å². The van der Waals surface area contributed by atoms with E-state index in [9.17, 15) is 4.79 Å². The lowest BCUT2D eigenvalue weighted by Crippen LogP contribution is -2.15. The molecule has 0 unspecified atom stereocenters.